The van der Waals surface area contributed by atoms with E-state index in [9.17, 15) is 9.59 Å². The summed E-state index contributed by atoms with van der Waals surface area (Å²) in [7, 11) is 0. The molecule has 0 radical (unpaired) electrons. The van der Waals surface area contributed by atoms with E-state index in [0.29, 0.717) is 35.7 Å². The van der Waals surface area contributed by atoms with E-state index in [1.54, 1.807) is 13.0 Å². The Kier molecular flexibility index (Phi) is 6.20. The summed E-state index contributed by atoms with van der Waals surface area (Å²) in [6.45, 7) is 8.25. The molecular weight excluding hydrogens is 376 g/mol. The molecule has 0 saturated heterocycles. The molecule has 0 amide bonds. The summed E-state index contributed by atoms with van der Waals surface area (Å²) in [5, 5.41) is 0. The summed E-state index contributed by atoms with van der Waals surface area (Å²) >= 11 is 0. The van der Waals surface area contributed by atoms with Crippen molar-refractivity contribution in [2.45, 2.75) is 40.5 Å². The standard InChI is InChI=1S/C25H28N2O3/c1-5-30-24(29)20-12-18-10-9-17(13-21(18)27-23(26)14-20)16-7-6-8-19(11-16)22(28)15-25(2,3)4/h6-13H,5,14-15H2,1-4H3,(H2,26,27). The minimum absolute atomic E-state index is 0.0631. The molecule has 156 valence electrons. The second-order valence-corrected chi connectivity index (χ2v) is 8.68. The van der Waals surface area contributed by atoms with Gasteiger partial charge in [-0.1, -0.05) is 51.1 Å². The van der Waals surface area contributed by atoms with E-state index >= 15 is 0 Å². The number of esters is 1. The van der Waals surface area contributed by atoms with Crippen LogP contribution < -0.4 is 5.73 Å². The Hall–Kier alpha value is -3.21. The van der Waals surface area contributed by atoms with Crippen molar-refractivity contribution in [2.75, 3.05) is 6.61 Å². The topological polar surface area (TPSA) is 81.8 Å². The fourth-order valence-electron chi connectivity index (χ4n) is 3.38. The zero-order valence-corrected chi connectivity index (χ0v) is 18.0. The van der Waals surface area contributed by atoms with Gasteiger partial charge >= 0.3 is 5.97 Å². The number of Topliss-reactive ketones (excluding diaryl/α,β-unsaturated/α-hetero) is 1. The van der Waals surface area contributed by atoms with E-state index in [0.717, 1.165) is 16.7 Å². The maximum atomic E-state index is 12.6. The predicted molar refractivity (Wildman–Crippen MR) is 121 cm³/mol. The molecule has 0 bridgehead atoms. The van der Waals surface area contributed by atoms with Crippen LogP contribution >= 0.6 is 0 Å². The Labute approximate surface area is 177 Å². The van der Waals surface area contributed by atoms with E-state index in [1.165, 1.54) is 0 Å². The maximum absolute atomic E-state index is 12.6. The van der Waals surface area contributed by atoms with Gasteiger partial charge in [-0.3, -0.25) is 4.79 Å². The van der Waals surface area contributed by atoms with Crippen LogP contribution in [0.2, 0.25) is 0 Å². The molecule has 0 aliphatic carbocycles. The van der Waals surface area contributed by atoms with Gasteiger partial charge in [-0.25, -0.2) is 9.79 Å². The smallest absolute Gasteiger partial charge is 0.334 e. The molecule has 2 N–H and O–H groups in total. The lowest BCUT2D eigenvalue weighted by Gasteiger charge is -2.17. The number of rotatable bonds is 5. The van der Waals surface area contributed by atoms with E-state index in [1.807, 2.05) is 42.5 Å². The Morgan fingerprint density at radius 2 is 1.83 bits per heavy atom. The van der Waals surface area contributed by atoms with E-state index < -0.39 is 0 Å². The van der Waals surface area contributed by atoms with Crippen molar-refractivity contribution >= 4 is 29.4 Å². The van der Waals surface area contributed by atoms with Crippen LogP contribution in [0.25, 0.3) is 17.2 Å². The molecule has 0 unspecified atom stereocenters. The Morgan fingerprint density at radius 1 is 1.10 bits per heavy atom. The molecule has 3 rings (SSSR count). The largest absolute Gasteiger partial charge is 0.463 e. The van der Waals surface area contributed by atoms with Gasteiger partial charge in [0.05, 0.1) is 12.3 Å². The van der Waals surface area contributed by atoms with Gasteiger partial charge in [0, 0.05) is 29.5 Å². The number of carbonyl (C=O) groups is 2. The molecule has 0 fully saturated rings. The minimum Gasteiger partial charge on any atom is -0.463 e. The monoisotopic (exact) mass is 404 g/mol. The zero-order valence-electron chi connectivity index (χ0n) is 18.0. The van der Waals surface area contributed by atoms with Gasteiger partial charge in [-0.05, 0) is 41.7 Å². The third-order valence-electron chi connectivity index (χ3n) is 4.74. The number of nitrogens with two attached hydrogens (primary N) is 1. The Morgan fingerprint density at radius 3 is 2.53 bits per heavy atom. The number of nitrogens with zero attached hydrogens (tertiary/aromatic N) is 1. The number of hydrogen-bond donors (Lipinski definition) is 1. The van der Waals surface area contributed by atoms with Crippen LogP contribution in [0.1, 0.15) is 56.5 Å². The molecule has 0 spiro atoms. The van der Waals surface area contributed by atoms with Crippen LogP contribution in [0.4, 0.5) is 5.69 Å². The number of fused-ring (bicyclic) bond motifs is 1. The van der Waals surface area contributed by atoms with E-state index in [4.69, 9.17) is 10.5 Å². The zero-order chi connectivity index (χ0) is 21.9. The summed E-state index contributed by atoms with van der Waals surface area (Å²) in [4.78, 5) is 29.3. The third-order valence-corrected chi connectivity index (χ3v) is 4.74. The average molecular weight is 405 g/mol. The molecule has 0 saturated carbocycles. The molecule has 0 aromatic heterocycles. The molecule has 30 heavy (non-hydrogen) atoms. The molecule has 2 aromatic carbocycles. The normalized spacial score (nSPS) is 13.6. The van der Waals surface area contributed by atoms with Crippen molar-refractivity contribution in [3.05, 3.63) is 59.2 Å². The van der Waals surface area contributed by atoms with Crippen molar-refractivity contribution < 1.29 is 14.3 Å². The highest BCUT2D eigenvalue weighted by molar-refractivity contribution is 6.03. The van der Waals surface area contributed by atoms with Gasteiger partial charge in [-0.15, -0.1) is 0 Å². The van der Waals surface area contributed by atoms with Crippen molar-refractivity contribution in [3.8, 4) is 11.1 Å². The van der Waals surface area contributed by atoms with Crippen LogP contribution in [0, 0.1) is 5.41 Å². The fraction of sp³-hybridized carbons (Fsp3) is 0.320. The molecule has 2 aromatic rings. The van der Waals surface area contributed by atoms with Crippen molar-refractivity contribution in [3.63, 3.8) is 0 Å². The van der Waals surface area contributed by atoms with Gasteiger partial charge in [0.25, 0.3) is 0 Å². The third kappa shape index (κ3) is 5.23. The Bertz CT molecular complexity index is 1040. The maximum Gasteiger partial charge on any atom is 0.334 e. The van der Waals surface area contributed by atoms with Crippen molar-refractivity contribution in [1.82, 2.24) is 0 Å². The summed E-state index contributed by atoms with van der Waals surface area (Å²) in [5.74, 6) is 0.111. The molecular formula is C25H28N2O3. The van der Waals surface area contributed by atoms with Gasteiger partial charge < -0.3 is 10.5 Å². The van der Waals surface area contributed by atoms with Gasteiger partial charge in [-0.2, -0.15) is 0 Å². The summed E-state index contributed by atoms with van der Waals surface area (Å²) < 4.78 is 5.11. The lowest BCUT2D eigenvalue weighted by atomic mass is 9.87. The van der Waals surface area contributed by atoms with Gasteiger partial charge in [0.1, 0.15) is 5.84 Å². The fourth-order valence-corrected chi connectivity index (χ4v) is 3.38. The first-order valence-electron chi connectivity index (χ1n) is 10.1. The quantitative estimate of drug-likeness (QED) is 0.541. The summed E-state index contributed by atoms with van der Waals surface area (Å²) in [6, 6.07) is 13.4. The summed E-state index contributed by atoms with van der Waals surface area (Å²) in [5.41, 5.74) is 10.5. The van der Waals surface area contributed by atoms with E-state index in [-0.39, 0.29) is 23.6 Å². The lowest BCUT2D eigenvalue weighted by Crippen LogP contribution is -2.16. The lowest BCUT2D eigenvalue weighted by molar-refractivity contribution is -0.138. The molecule has 0 atom stereocenters. The van der Waals surface area contributed by atoms with Crippen LogP contribution in [0.3, 0.4) is 0 Å². The highest BCUT2D eigenvalue weighted by Gasteiger charge is 2.19. The van der Waals surface area contributed by atoms with Crippen LogP contribution in [0.15, 0.2) is 53.0 Å². The number of ether oxygens (including phenoxy) is 1. The number of ketones is 1. The van der Waals surface area contributed by atoms with Crippen LogP contribution in [-0.2, 0) is 9.53 Å². The van der Waals surface area contributed by atoms with Crippen molar-refractivity contribution in [1.29, 1.82) is 0 Å². The van der Waals surface area contributed by atoms with Gasteiger partial charge in [0.15, 0.2) is 5.78 Å². The second kappa shape index (κ2) is 8.66. The number of benzene rings is 2. The first-order chi connectivity index (χ1) is 14.2. The highest BCUT2D eigenvalue weighted by atomic mass is 16.5. The number of amidine groups is 1. The number of hydrogen-bond acceptors (Lipinski definition) is 5. The molecule has 1 aliphatic heterocycles. The average Bonchev–Trinajstić information content (AvgIpc) is 2.84. The number of carbonyl (C=O) groups excluding carboxylic acids is 2. The predicted octanol–water partition coefficient (Wildman–Crippen LogP) is 5.31. The molecule has 5 heteroatoms. The molecule has 1 heterocycles. The molecule has 1 aliphatic rings. The first kappa shape index (κ1) is 21.5. The van der Waals surface area contributed by atoms with E-state index in [2.05, 4.69) is 25.8 Å². The second-order valence-electron chi connectivity index (χ2n) is 8.68. The SMILES string of the molecule is CCOC(=O)C1=Cc2ccc(-c3cccc(C(=O)CC(C)(C)C)c3)cc2N=C(N)C1. The summed E-state index contributed by atoms with van der Waals surface area (Å²) in [6.07, 6.45) is 2.52. The minimum atomic E-state index is -0.377. The van der Waals surface area contributed by atoms with Crippen LogP contribution in [-0.4, -0.2) is 24.2 Å². The Balaban J connectivity index is 1.96. The van der Waals surface area contributed by atoms with Crippen molar-refractivity contribution in [2.24, 2.45) is 16.1 Å². The van der Waals surface area contributed by atoms with Gasteiger partial charge in [0.2, 0.25) is 0 Å². The highest BCUT2D eigenvalue weighted by Crippen LogP contribution is 2.32. The molecule has 5 nitrogen and oxygen atoms in total. The number of aliphatic imine (C=N–C) groups is 1. The first-order valence-corrected chi connectivity index (χ1v) is 10.1. The van der Waals surface area contributed by atoms with Crippen LogP contribution in [0.5, 0.6) is 0 Å².